The average Bonchev–Trinajstić information content (AvgIpc) is 2.90. The third-order valence-electron chi connectivity index (χ3n) is 3.41. The molecule has 0 saturated carbocycles. The van der Waals surface area contributed by atoms with Gasteiger partial charge in [0, 0.05) is 18.8 Å². The van der Waals surface area contributed by atoms with Crippen molar-refractivity contribution < 1.29 is 4.79 Å². The summed E-state index contributed by atoms with van der Waals surface area (Å²) in [5, 5.41) is 3.16. The Morgan fingerprint density at radius 2 is 1.53 bits per heavy atom. The molecule has 0 unspecified atom stereocenters. The maximum Gasteiger partial charge on any atom is 0.242 e. The highest BCUT2D eigenvalue weighted by Gasteiger charge is 2.22. The van der Waals surface area contributed by atoms with Crippen LogP contribution in [0.25, 0.3) is 0 Å². The monoisotopic (exact) mass is 252 g/mol. The number of hydrogen-bond donors (Lipinski definition) is 1. The summed E-state index contributed by atoms with van der Waals surface area (Å²) in [5.41, 5.74) is 3.50. The Balaban J connectivity index is 1.58. The summed E-state index contributed by atoms with van der Waals surface area (Å²) >= 11 is 0. The summed E-state index contributed by atoms with van der Waals surface area (Å²) < 4.78 is 0. The molecular weight excluding hydrogens is 236 g/mol. The van der Waals surface area contributed by atoms with E-state index >= 15 is 0 Å². The van der Waals surface area contributed by atoms with Crippen molar-refractivity contribution in [2.24, 2.45) is 0 Å². The van der Waals surface area contributed by atoms with Crippen molar-refractivity contribution in [3.05, 3.63) is 65.7 Å². The molecule has 19 heavy (non-hydrogen) atoms. The van der Waals surface area contributed by atoms with E-state index in [1.54, 1.807) is 0 Å². The van der Waals surface area contributed by atoms with E-state index in [1.807, 2.05) is 47.4 Å². The molecule has 2 aromatic rings. The van der Waals surface area contributed by atoms with E-state index in [4.69, 9.17) is 0 Å². The van der Waals surface area contributed by atoms with Crippen LogP contribution in [0, 0.1) is 0 Å². The smallest absolute Gasteiger partial charge is 0.242 e. The van der Waals surface area contributed by atoms with Crippen LogP contribution in [-0.2, 0) is 17.9 Å². The molecule has 0 aliphatic carbocycles. The second-order valence-electron chi connectivity index (χ2n) is 4.74. The highest BCUT2D eigenvalue weighted by molar-refractivity contribution is 5.81. The third-order valence-corrected chi connectivity index (χ3v) is 3.41. The predicted octanol–water partition coefficient (Wildman–Crippen LogP) is 2.64. The number of carbonyl (C=O) groups excluding carboxylic acids is 1. The lowest BCUT2D eigenvalue weighted by Gasteiger charge is -2.16. The minimum atomic E-state index is 0.139. The van der Waals surface area contributed by atoms with Gasteiger partial charge in [-0.05, 0) is 23.3 Å². The number of carbonyl (C=O) groups is 1. The molecule has 1 N–H and O–H groups in total. The van der Waals surface area contributed by atoms with Gasteiger partial charge in [0.2, 0.25) is 5.91 Å². The maximum absolute atomic E-state index is 12.2. The van der Waals surface area contributed by atoms with Crippen LogP contribution in [0.2, 0.25) is 0 Å². The topological polar surface area (TPSA) is 32.3 Å². The van der Waals surface area contributed by atoms with Crippen molar-refractivity contribution in [2.45, 2.75) is 13.1 Å². The third kappa shape index (κ3) is 2.60. The van der Waals surface area contributed by atoms with Gasteiger partial charge < -0.3 is 10.2 Å². The Labute approximate surface area is 112 Å². The molecular formula is C16H16N2O. The number of para-hydroxylation sites is 1. The number of amides is 1. The zero-order chi connectivity index (χ0) is 13.1. The van der Waals surface area contributed by atoms with E-state index in [0.29, 0.717) is 6.54 Å². The summed E-state index contributed by atoms with van der Waals surface area (Å²) in [6.07, 6.45) is 0. The van der Waals surface area contributed by atoms with E-state index in [9.17, 15) is 4.79 Å². The Hall–Kier alpha value is -2.29. The molecule has 1 heterocycles. The fourth-order valence-corrected chi connectivity index (χ4v) is 2.35. The standard InChI is InChI=1S/C16H16N2O/c19-16(10-17-15-8-2-1-3-9-15)18-11-13-6-4-5-7-14(13)12-18/h1-9,17H,10-12H2. The fraction of sp³-hybridized carbons (Fsp3) is 0.188. The first-order chi connectivity index (χ1) is 9.33. The Morgan fingerprint density at radius 3 is 2.16 bits per heavy atom. The molecule has 0 bridgehead atoms. The van der Waals surface area contributed by atoms with Crippen LogP contribution in [0.1, 0.15) is 11.1 Å². The summed E-state index contributed by atoms with van der Waals surface area (Å²) in [6.45, 7) is 1.80. The zero-order valence-electron chi connectivity index (χ0n) is 10.7. The number of anilines is 1. The average molecular weight is 252 g/mol. The van der Waals surface area contributed by atoms with E-state index in [-0.39, 0.29) is 5.91 Å². The molecule has 1 aliphatic heterocycles. The van der Waals surface area contributed by atoms with Crippen LogP contribution >= 0.6 is 0 Å². The fourth-order valence-electron chi connectivity index (χ4n) is 2.35. The number of rotatable bonds is 3. The Morgan fingerprint density at radius 1 is 0.947 bits per heavy atom. The molecule has 0 radical (unpaired) electrons. The molecule has 3 rings (SSSR count). The normalized spacial score (nSPS) is 13.2. The number of nitrogens with one attached hydrogen (secondary N) is 1. The van der Waals surface area contributed by atoms with Gasteiger partial charge >= 0.3 is 0 Å². The molecule has 1 aliphatic rings. The molecule has 0 saturated heterocycles. The van der Waals surface area contributed by atoms with Crippen LogP contribution in [0.3, 0.4) is 0 Å². The molecule has 96 valence electrons. The van der Waals surface area contributed by atoms with Crippen molar-refractivity contribution in [3.63, 3.8) is 0 Å². The van der Waals surface area contributed by atoms with E-state index in [2.05, 4.69) is 17.4 Å². The maximum atomic E-state index is 12.2. The number of nitrogens with zero attached hydrogens (tertiary/aromatic N) is 1. The van der Waals surface area contributed by atoms with Gasteiger partial charge in [0.15, 0.2) is 0 Å². The van der Waals surface area contributed by atoms with Crippen LogP contribution in [0.5, 0.6) is 0 Å². The lowest BCUT2D eigenvalue weighted by molar-refractivity contribution is -0.129. The quantitative estimate of drug-likeness (QED) is 0.910. The molecule has 0 spiro atoms. The van der Waals surface area contributed by atoms with Gasteiger partial charge in [0.1, 0.15) is 0 Å². The number of benzene rings is 2. The van der Waals surface area contributed by atoms with Gasteiger partial charge in [-0.1, -0.05) is 42.5 Å². The number of fused-ring (bicyclic) bond motifs is 1. The number of hydrogen-bond acceptors (Lipinski definition) is 2. The van der Waals surface area contributed by atoms with Gasteiger partial charge in [-0.15, -0.1) is 0 Å². The largest absolute Gasteiger partial charge is 0.376 e. The molecule has 2 aromatic carbocycles. The van der Waals surface area contributed by atoms with E-state index in [1.165, 1.54) is 11.1 Å². The molecule has 0 fully saturated rings. The SMILES string of the molecule is O=C(CNc1ccccc1)N1Cc2ccccc2C1. The van der Waals surface area contributed by atoms with E-state index < -0.39 is 0 Å². The summed E-state index contributed by atoms with van der Waals surface area (Å²) in [4.78, 5) is 14.0. The van der Waals surface area contributed by atoms with E-state index in [0.717, 1.165) is 18.8 Å². The van der Waals surface area contributed by atoms with Crippen LogP contribution in [-0.4, -0.2) is 17.4 Å². The minimum absolute atomic E-state index is 0.139. The summed E-state index contributed by atoms with van der Waals surface area (Å²) in [5.74, 6) is 0.139. The van der Waals surface area contributed by atoms with Crippen LogP contribution in [0.15, 0.2) is 54.6 Å². The Bertz CT molecular complexity index is 555. The summed E-state index contributed by atoms with van der Waals surface area (Å²) in [6, 6.07) is 18.0. The molecule has 0 atom stereocenters. The van der Waals surface area contributed by atoms with Crippen molar-refractivity contribution in [2.75, 3.05) is 11.9 Å². The van der Waals surface area contributed by atoms with Gasteiger partial charge in [0.05, 0.1) is 6.54 Å². The molecule has 0 aromatic heterocycles. The van der Waals surface area contributed by atoms with Crippen molar-refractivity contribution >= 4 is 11.6 Å². The predicted molar refractivity (Wildman–Crippen MR) is 75.6 cm³/mol. The highest BCUT2D eigenvalue weighted by Crippen LogP contribution is 2.22. The van der Waals surface area contributed by atoms with Crippen molar-refractivity contribution in [3.8, 4) is 0 Å². The van der Waals surface area contributed by atoms with Crippen LogP contribution < -0.4 is 5.32 Å². The van der Waals surface area contributed by atoms with Gasteiger partial charge in [0.25, 0.3) is 0 Å². The van der Waals surface area contributed by atoms with Crippen molar-refractivity contribution in [1.82, 2.24) is 4.90 Å². The second kappa shape index (κ2) is 5.14. The molecule has 1 amide bonds. The molecule has 3 heteroatoms. The first-order valence-corrected chi connectivity index (χ1v) is 6.46. The molecule has 3 nitrogen and oxygen atoms in total. The van der Waals surface area contributed by atoms with Crippen molar-refractivity contribution in [1.29, 1.82) is 0 Å². The lowest BCUT2D eigenvalue weighted by atomic mass is 10.1. The van der Waals surface area contributed by atoms with Crippen LogP contribution in [0.4, 0.5) is 5.69 Å². The lowest BCUT2D eigenvalue weighted by Crippen LogP contribution is -2.31. The summed E-state index contributed by atoms with van der Waals surface area (Å²) in [7, 11) is 0. The minimum Gasteiger partial charge on any atom is -0.376 e. The zero-order valence-corrected chi connectivity index (χ0v) is 10.7. The Kier molecular flexibility index (Phi) is 3.19. The first kappa shape index (κ1) is 11.8. The van der Waals surface area contributed by atoms with Gasteiger partial charge in [-0.2, -0.15) is 0 Å². The first-order valence-electron chi connectivity index (χ1n) is 6.46. The highest BCUT2D eigenvalue weighted by atomic mass is 16.2. The van der Waals surface area contributed by atoms with Gasteiger partial charge in [-0.25, -0.2) is 0 Å². The second-order valence-corrected chi connectivity index (χ2v) is 4.74. The van der Waals surface area contributed by atoms with Gasteiger partial charge in [-0.3, -0.25) is 4.79 Å².